The van der Waals surface area contributed by atoms with Gasteiger partial charge in [0, 0.05) is 104 Å². The van der Waals surface area contributed by atoms with Gasteiger partial charge in [-0.05, 0) is 138 Å². The predicted molar refractivity (Wildman–Crippen MR) is 344 cm³/mol. The second kappa shape index (κ2) is 24.8. The van der Waals surface area contributed by atoms with Gasteiger partial charge in [0.05, 0.1) is 6.54 Å². The lowest BCUT2D eigenvalue weighted by Gasteiger charge is -2.36. The lowest BCUT2D eigenvalue weighted by molar-refractivity contribution is -0.143. The van der Waals surface area contributed by atoms with E-state index in [1.165, 1.54) is 112 Å². The molecule has 6 aromatic carbocycles. The zero-order valence-corrected chi connectivity index (χ0v) is 51.8. The third-order valence-electron chi connectivity index (χ3n) is 15.9. The fourth-order valence-corrected chi connectivity index (χ4v) is 24.7. The highest BCUT2D eigenvalue weighted by molar-refractivity contribution is 8.12. The van der Waals surface area contributed by atoms with Crippen molar-refractivity contribution >= 4 is 118 Å². The van der Waals surface area contributed by atoms with Crippen LogP contribution in [0.1, 0.15) is 69.8 Å². The van der Waals surface area contributed by atoms with Crippen LogP contribution >= 0.6 is 106 Å². The lowest BCUT2D eigenvalue weighted by atomic mass is 9.83. The number of fused-ring (bicyclic) bond motifs is 4. The molecule has 13 rings (SSSR count). The minimum absolute atomic E-state index is 0.0974. The van der Waals surface area contributed by atoms with Gasteiger partial charge >= 0.3 is 12.1 Å². The standard InChI is InChI=1S/C66H61NO4S9/c1-2-60(68)70-34-33-67-64(69)71-38-65(39-72-45-18-9-15-42(35-45)48-21-12-31-58-61(48)77-54-27-5-3-25-52(54)75-58,40-73-46-19-10-16-43(36-46)49-22-13-32-59-62(49)78-55-28-6-4-26-53(55)76-59)41-74-47-20-11-17-44(37-47)50-23-14-24-51-63-66(50,51)80-57-30-8-7-29-56(57)79-63/h3-5,7,9-13,15-22,25-27,29,31-32,35-37,50-51,63H,2,6,8,14,23-24,28,30,33-34,38-41H2,1H3,(H,67,69). The van der Waals surface area contributed by atoms with E-state index < -0.39 is 11.5 Å². The van der Waals surface area contributed by atoms with Crippen LogP contribution in [0.4, 0.5) is 4.79 Å². The summed E-state index contributed by atoms with van der Waals surface area (Å²) in [5.41, 5.74) is 5.90. The molecule has 5 atom stereocenters. The van der Waals surface area contributed by atoms with Gasteiger partial charge < -0.3 is 14.8 Å². The third-order valence-corrected chi connectivity index (χ3v) is 29.0. The molecule has 0 bridgehead atoms. The Balaban J connectivity index is 0.810. The topological polar surface area (TPSA) is 64.6 Å². The van der Waals surface area contributed by atoms with E-state index >= 15 is 0 Å². The number of esters is 1. The van der Waals surface area contributed by atoms with Crippen molar-refractivity contribution in [1.82, 2.24) is 5.32 Å². The van der Waals surface area contributed by atoms with E-state index in [9.17, 15) is 9.59 Å². The summed E-state index contributed by atoms with van der Waals surface area (Å²) in [6.45, 7) is 2.25. The number of thioether (sulfide) groups is 7. The predicted octanol–water partition coefficient (Wildman–Crippen LogP) is 19.8. The summed E-state index contributed by atoms with van der Waals surface area (Å²) in [6, 6.07) is 49.7. The maximum absolute atomic E-state index is 13.8. The molecule has 0 radical (unpaired) electrons. The molecule has 2 fully saturated rings. The van der Waals surface area contributed by atoms with Gasteiger partial charge in [0.15, 0.2) is 0 Å². The highest BCUT2D eigenvalue weighted by Gasteiger charge is 2.71. The minimum Gasteiger partial charge on any atom is -0.464 e. The fraction of sp³-hybridized carbons (Fsp3) is 0.303. The first-order chi connectivity index (χ1) is 39.3. The molecule has 0 saturated heterocycles. The largest absolute Gasteiger partial charge is 0.464 e. The van der Waals surface area contributed by atoms with E-state index in [4.69, 9.17) is 9.47 Å². The summed E-state index contributed by atoms with van der Waals surface area (Å²) in [7, 11) is 0. The van der Waals surface area contributed by atoms with Crippen LogP contribution in [-0.2, 0) is 14.3 Å². The number of carbonyl (C=O) groups excluding carboxylic acids is 2. The van der Waals surface area contributed by atoms with Crippen molar-refractivity contribution in [3.8, 4) is 22.3 Å². The van der Waals surface area contributed by atoms with E-state index in [-0.39, 0.29) is 36.9 Å². The molecule has 5 nitrogen and oxygen atoms in total. The van der Waals surface area contributed by atoms with E-state index in [1.807, 2.05) is 82.3 Å². The SMILES string of the molecule is CCC(=O)OCCNC(=O)OCC(CSc1cccc(-c2cccc3c2SC2=C(C=CCC2)S3)c1)(CSc1cccc(-c2cccc3c2Sc2ccccc2S3)c1)CSc1cccc(C2CCCC3C4SC5=C(CCC=C5)SC234)c1. The maximum atomic E-state index is 13.8. The van der Waals surface area contributed by atoms with Crippen LogP contribution in [0.25, 0.3) is 22.3 Å². The Morgan fingerprint density at radius 1 is 0.637 bits per heavy atom. The number of hydrogen-bond donors (Lipinski definition) is 1. The Labute approximate surface area is 509 Å². The number of hydrogen-bond acceptors (Lipinski definition) is 13. The molecule has 80 heavy (non-hydrogen) atoms. The van der Waals surface area contributed by atoms with Gasteiger partial charge in [0.1, 0.15) is 13.2 Å². The van der Waals surface area contributed by atoms with Crippen LogP contribution < -0.4 is 5.32 Å². The van der Waals surface area contributed by atoms with E-state index in [2.05, 4.69) is 187 Å². The van der Waals surface area contributed by atoms with Crippen molar-refractivity contribution in [2.24, 2.45) is 11.3 Å². The summed E-state index contributed by atoms with van der Waals surface area (Å²) in [6.07, 6.45) is 17.5. The smallest absolute Gasteiger partial charge is 0.407 e. The summed E-state index contributed by atoms with van der Waals surface area (Å²) in [4.78, 5) is 43.2. The Hall–Kier alpha value is -3.83. The molecule has 14 heteroatoms. The van der Waals surface area contributed by atoms with Crippen LogP contribution in [0.5, 0.6) is 0 Å². The monoisotopic (exact) mass is 1220 g/mol. The van der Waals surface area contributed by atoms with Crippen molar-refractivity contribution in [3.05, 3.63) is 183 Å². The van der Waals surface area contributed by atoms with E-state index in [1.54, 1.807) is 11.8 Å². The molecular weight excluding hydrogens is 1160 g/mol. The maximum Gasteiger partial charge on any atom is 0.407 e. The van der Waals surface area contributed by atoms with Gasteiger partial charge in [0.2, 0.25) is 0 Å². The zero-order valence-electron chi connectivity index (χ0n) is 44.4. The Kier molecular flexibility index (Phi) is 17.2. The van der Waals surface area contributed by atoms with Gasteiger partial charge in [-0.15, -0.1) is 58.8 Å². The number of carbonyl (C=O) groups is 2. The third kappa shape index (κ3) is 11.8. The summed E-state index contributed by atoms with van der Waals surface area (Å²) < 4.78 is 12.0. The number of rotatable bonds is 18. The average molecular weight is 1220 g/mol. The number of allylic oxidation sites excluding steroid dienone is 6. The van der Waals surface area contributed by atoms with Crippen LogP contribution in [0.15, 0.2) is 221 Å². The Morgan fingerprint density at radius 3 is 1.96 bits per heavy atom. The van der Waals surface area contributed by atoms with Gasteiger partial charge in [-0.2, -0.15) is 0 Å². The molecule has 1 spiro atoms. The minimum atomic E-state index is -0.505. The number of ether oxygens (including phenoxy) is 2. The van der Waals surface area contributed by atoms with Crippen molar-refractivity contribution in [2.45, 2.75) is 118 Å². The number of amides is 1. The van der Waals surface area contributed by atoms with Crippen molar-refractivity contribution < 1.29 is 19.1 Å². The highest BCUT2D eigenvalue weighted by Crippen LogP contribution is 2.77. The average Bonchev–Trinajstić information content (AvgIpc) is 4.36. The Morgan fingerprint density at radius 2 is 1.25 bits per heavy atom. The molecule has 3 heterocycles. The van der Waals surface area contributed by atoms with Gasteiger partial charge in [-0.1, -0.05) is 157 Å². The summed E-state index contributed by atoms with van der Waals surface area (Å²) in [5.74, 6) is 3.15. The zero-order chi connectivity index (χ0) is 54.0. The molecule has 1 amide bonds. The summed E-state index contributed by atoms with van der Waals surface area (Å²) in [5, 5.41) is 3.57. The van der Waals surface area contributed by atoms with Crippen LogP contribution in [0.3, 0.4) is 0 Å². The van der Waals surface area contributed by atoms with Crippen molar-refractivity contribution in [2.75, 3.05) is 37.0 Å². The van der Waals surface area contributed by atoms with Gasteiger partial charge in [-0.3, -0.25) is 4.79 Å². The first-order valence-electron chi connectivity index (χ1n) is 27.8. The fourth-order valence-electron chi connectivity index (χ4n) is 11.7. The molecule has 1 N–H and O–H groups in total. The molecule has 5 unspecified atom stereocenters. The second-order valence-corrected chi connectivity index (χ2v) is 31.3. The molecule has 7 aliphatic rings. The van der Waals surface area contributed by atoms with E-state index in [0.29, 0.717) is 22.7 Å². The number of nitrogens with one attached hydrogen (secondary N) is 1. The van der Waals surface area contributed by atoms with Crippen LogP contribution in [-0.4, -0.2) is 59.1 Å². The lowest BCUT2D eigenvalue weighted by Crippen LogP contribution is -2.39. The molecule has 3 aliphatic heterocycles. The van der Waals surface area contributed by atoms with Crippen molar-refractivity contribution in [3.63, 3.8) is 0 Å². The van der Waals surface area contributed by atoms with Crippen molar-refractivity contribution in [1.29, 1.82) is 0 Å². The quantitative estimate of drug-likeness (QED) is 0.0505. The Bertz CT molecular complexity index is 3500. The molecule has 2 saturated carbocycles. The molecule has 0 aromatic heterocycles. The van der Waals surface area contributed by atoms with E-state index in [0.717, 1.165) is 30.9 Å². The van der Waals surface area contributed by atoms with Gasteiger partial charge in [-0.25, -0.2) is 4.79 Å². The molecular formula is C66H61NO4S9. The normalized spacial score (nSPS) is 21.8. The van der Waals surface area contributed by atoms with Gasteiger partial charge in [0.25, 0.3) is 0 Å². The second-order valence-electron chi connectivity index (χ2n) is 21.2. The molecule has 408 valence electrons. The first-order valence-corrected chi connectivity index (χ1v) is 35.7. The number of benzene rings is 6. The number of alkyl carbamates (subject to hydrolysis) is 1. The summed E-state index contributed by atoms with van der Waals surface area (Å²) >= 11 is 17.6. The molecule has 4 aliphatic carbocycles. The molecule has 6 aromatic rings. The highest BCUT2D eigenvalue weighted by atomic mass is 32.2. The first kappa shape index (κ1) is 55.4. The van der Waals surface area contributed by atoms with Crippen LogP contribution in [0.2, 0.25) is 0 Å². The van der Waals surface area contributed by atoms with Crippen LogP contribution in [0, 0.1) is 11.3 Å².